The predicted molar refractivity (Wildman–Crippen MR) is 89.7 cm³/mol. The van der Waals surface area contributed by atoms with Gasteiger partial charge in [-0.15, -0.1) is 0 Å². The molecule has 0 amide bonds. The van der Waals surface area contributed by atoms with Crippen LogP contribution >= 0.6 is 0 Å². The van der Waals surface area contributed by atoms with E-state index in [4.69, 9.17) is 14.0 Å². The first-order valence-electron chi connectivity index (χ1n) is 8.33. The molecular weight excluding hydrogens is 275 g/mol. The summed E-state index contributed by atoms with van der Waals surface area (Å²) < 4.78 is 17.9. The highest BCUT2D eigenvalue weighted by molar-refractivity contribution is 6.62. The van der Waals surface area contributed by atoms with E-state index in [1.807, 2.05) is 0 Å². The maximum absolute atomic E-state index is 6.20. The van der Waals surface area contributed by atoms with Gasteiger partial charge in [0.2, 0.25) is 0 Å². The summed E-state index contributed by atoms with van der Waals surface area (Å²) in [5.74, 6) is 0.592. The lowest BCUT2D eigenvalue weighted by molar-refractivity contribution is 0.00578. The summed E-state index contributed by atoms with van der Waals surface area (Å²) in [4.78, 5) is 0. The van der Waals surface area contributed by atoms with E-state index >= 15 is 0 Å². The Kier molecular flexibility index (Phi) is 4.13. The molecule has 0 spiro atoms. The van der Waals surface area contributed by atoms with Gasteiger partial charge in [-0.3, -0.25) is 0 Å². The number of rotatable bonds is 2. The second kappa shape index (κ2) is 5.66. The molecule has 3 rings (SSSR count). The van der Waals surface area contributed by atoms with E-state index < -0.39 is 0 Å². The summed E-state index contributed by atoms with van der Waals surface area (Å²) in [6.07, 6.45) is 2.21. The zero-order valence-electron chi connectivity index (χ0n) is 14.4. The standard InChI is InChI=1S/C18H27BO3/c1-13-10-15(14-6-8-20-9-7-14)12-16(11-13)19-21-17(2,3)18(4,5)22-19/h10-12,14H,6-9H2,1-5H3. The fourth-order valence-corrected chi connectivity index (χ4v) is 3.23. The first-order chi connectivity index (χ1) is 10.3. The molecule has 0 bridgehead atoms. The monoisotopic (exact) mass is 302 g/mol. The lowest BCUT2D eigenvalue weighted by Crippen LogP contribution is -2.41. The maximum Gasteiger partial charge on any atom is 0.494 e. The van der Waals surface area contributed by atoms with Crippen molar-refractivity contribution in [1.82, 2.24) is 0 Å². The van der Waals surface area contributed by atoms with Gasteiger partial charge < -0.3 is 14.0 Å². The van der Waals surface area contributed by atoms with E-state index in [0.717, 1.165) is 31.5 Å². The predicted octanol–water partition coefficient (Wildman–Crippen LogP) is 3.19. The highest BCUT2D eigenvalue weighted by atomic mass is 16.7. The fourth-order valence-electron chi connectivity index (χ4n) is 3.23. The van der Waals surface area contributed by atoms with E-state index in [2.05, 4.69) is 52.8 Å². The fraction of sp³-hybridized carbons (Fsp3) is 0.667. The third-order valence-corrected chi connectivity index (χ3v) is 5.34. The Hall–Kier alpha value is -0.835. The van der Waals surface area contributed by atoms with Crippen LogP contribution in [-0.2, 0) is 14.0 Å². The molecule has 0 aromatic heterocycles. The molecule has 4 heteroatoms. The van der Waals surface area contributed by atoms with Gasteiger partial charge in [-0.25, -0.2) is 0 Å². The topological polar surface area (TPSA) is 27.7 Å². The first-order valence-corrected chi connectivity index (χ1v) is 8.33. The van der Waals surface area contributed by atoms with Crippen molar-refractivity contribution < 1.29 is 14.0 Å². The second-order valence-electron chi connectivity index (χ2n) is 7.65. The molecule has 2 heterocycles. The molecule has 1 aromatic rings. The van der Waals surface area contributed by atoms with Crippen LogP contribution in [0.15, 0.2) is 18.2 Å². The van der Waals surface area contributed by atoms with E-state index in [9.17, 15) is 0 Å². The van der Waals surface area contributed by atoms with E-state index in [1.165, 1.54) is 11.1 Å². The average Bonchev–Trinajstić information content (AvgIpc) is 2.68. The third-order valence-electron chi connectivity index (χ3n) is 5.34. The van der Waals surface area contributed by atoms with Gasteiger partial charge in [0.25, 0.3) is 0 Å². The summed E-state index contributed by atoms with van der Waals surface area (Å²) in [7, 11) is -0.275. The molecule has 0 atom stereocenters. The number of hydrogen-bond donors (Lipinski definition) is 0. The van der Waals surface area contributed by atoms with Crippen molar-refractivity contribution in [1.29, 1.82) is 0 Å². The molecule has 0 unspecified atom stereocenters. The Labute approximate surface area is 134 Å². The minimum absolute atomic E-state index is 0.275. The van der Waals surface area contributed by atoms with Crippen LogP contribution in [0.4, 0.5) is 0 Å². The molecule has 22 heavy (non-hydrogen) atoms. The molecule has 0 aliphatic carbocycles. The minimum Gasteiger partial charge on any atom is -0.399 e. The van der Waals surface area contributed by atoms with Crippen LogP contribution in [0.3, 0.4) is 0 Å². The molecule has 0 radical (unpaired) electrons. The van der Waals surface area contributed by atoms with Crippen LogP contribution < -0.4 is 5.46 Å². The van der Waals surface area contributed by atoms with Crippen LogP contribution in [-0.4, -0.2) is 31.5 Å². The van der Waals surface area contributed by atoms with Crippen LogP contribution in [0.25, 0.3) is 0 Å². The number of aryl methyl sites for hydroxylation is 1. The molecule has 2 fully saturated rings. The number of benzene rings is 1. The molecule has 1 aromatic carbocycles. The van der Waals surface area contributed by atoms with Gasteiger partial charge in [0.1, 0.15) is 0 Å². The molecule has 2 aliphatic rings. The first kappa shape index (κ1) is 16.0. The molecule has 3 nitrogen and oxygen atoms in total. The molecule has 120 valence electrons. The normalized spacial score (nSPS) is 24.7. The van der Waals surface area contributed by atoms with E-state index in [0.29, 0.717) is 5.92 Å². The summed E-state index contributed by atoms with van der Waals surface area (Å²) in [5.41, 5.74) is 3.22. The van der Waals surface area contributed by atoms with Crippen molar-refractivity contribution in [2.75, 3.05) is 13.2 Å². The van der Waals surface area contributed by atoms with Gasteiger partial charge in [0.05, 0.1) is 11.2 Å². The Balaban J connectivity index is 1.87. The van der Waals surface area contributed by atoms with Crippen LogP contribution in [0.2, 0.25) is 0 Å². The quantitative estimate of drug-likeness (QED) is 0.785. The summed E-state index contributed by atoms with van der Waals surface area (Å²) in [6, 6.07) is 6.75. The minimum atomic E-state index is -0.291. The van der Waals surface area contributed by atoms with Crippen molar-refractivity contribution in [2.45, 2.75) is 64.6 Å². The Morgan fingerprint density at radius 1 is 0.955 bits per heavy atom. The lowest BCUT2D eigenvalue weighted by atomic mass is 9.76. The average molecular weight is 302 g/mol. The maximum atomic E-state index is 6.20. The summed E-state index contributed by atoms with van der Waals surface area (Å²) in [5, 5.41) is 0. The number of hydrogen-bond acceptors (Lipinski definition) is 3. The van der Waals surface area contributed by atoms with Gasteiger partial charge in [0.15, 0.2) is 0 Å². The molecule has 0 saturated carbocycles. The zero-order valence-corrected chi connectivity index (χ0v) is 14.4. The van der Waals surface area contributed by atoms with E-state index in [1.54, 1.807) is 0 Å². The molecular formula is C18H27BO3. The van der Waals surface area contributed by atoms with Crippen molar-refractivity contribution in [3.8, 4) is 0 Å². The van der Waals surface area contributed by atoms with Crippen molar-refractivity contribution in [2.24, 2.45) is 0 Å². The van der Waals surface area contributed by atoms with Crippen molar-refractivity contribution in [3.63, 3.8) is 0 Å². The third kappa shape index (κ3) is 2.97. The summed E-state index contributed by atoms with van der Waals surface area (Å²) in [6.45, 7) is 12.3. The Bertz CT molecular complexity index is 531. The molecule has 2 saturated heterocycles. The highest BCUT2D eigenvalue weighted by Crippen LogP contribution is 2.37. The lowest BCUT2D eigenvalue weighted by Gasteiger charge is -2.32. The van der Waals surface area contributed by atoms with Gasteiger partial charge in [0, 0.05) is 13.2 Å². The van der Waals surface area contributed by atoms with Crippen molar-refractivity contribution in [3.05, 3.63) is 29.3 Å². The van der Waals surface area contributed by atoms with Crippen LogP contribution in [0.1, 0.15) is 57.6 Å². The zero-order chi connectivity index (χ0) is 16.0. The summed E-state index contributed by atoms with van der Waals surface area (Å²) >= 11 is 0. The van der Waals surface area contributed by atoms with Gasteiger partial charge in [-0.05, 0) is 64.4 Å². The van der Waals surface area contributed by atoms with Gasteiger partial charge >= 0.3 is 7.12 Å². The molecule has 0 N–H and O–H groups in total. The highest BCUT2D eigenvalue weighted by Gasteiger charge is 2.51. The van der Waals surface area contributed by atoms with Crippen molar-refractivity contribution >= 4 is 12.6 Å². The van der Waals surface area contributed by atoms with Crippen LogP contribution in [0, 0.1) is 6.92 Å². The Morgan fingerprint density at radius 3 is 2.14 bits per heavy atom. The number of ether oxygens (including phenoxy) is 1. The Morgan fingerprint density at radius 2 is 1.55 bits per heavy atom. The largest absolute Gasteiger partial charge is 0.494 e. The SMILES string of the molecule is Cc1cc(B2OC(C)(C)C(C)(C)O2)cc(C2CCOCC2)c1. The van der Waals surface area contributed by atoms with Gasteiger partial charge in [-0.1, -0.05) is 23.8 Å². The van der Waals surface area contributed by atoms with Crippen LogP contribution in [0.5, 0.6) is 0 Å². The van der Waals surface area contributed by atoms with Gasteiger partial charge in [-0.2, -0.15) is 0 Å². The smallest absolute Gasteiger partial charge is 0.399 e. The second-order valence-corrected chi connectivity index (χ2v) is 7.65. The molecule has 2 aliphatic heterocycles. The van der Waals surface area contributed by atoms with E-state index in [-0.39, 0.29) is 18.3 Å².